The monoisotopic (exact) mass is 452 g/mol. The lowest BCUT2D eigenvalue weighted by atomic mass is 9.80. The van der Waals surface area contributed by atoms with Crippen molar-refractivity contribution in [3.63, 3.8) is 0 Å². The van der Waals surface area contributed by atoms with Gasteiger partial charge in [-0.3, -0.25) is 0 Å². The first-order chi connectivity index (χ1) is 17.2. The largest absolute Gasteiger partial charge is 0.373 e. The smallest absolute Gasteiger partial charge is 0.0632 e. The van der Waals surface area contributed by atoms with Crippen LogP contribution in [0.3, 0.4) is 0 Å². The summed E-state index contributed by atoms with van der Waals surface area (Å²) in [5.74, 6) is 1.39. The zero-order valence-electron chi connectivity index (χ0n) is 20.3. The third-order valence-corrected chi connectivity index (χ3v) is 6.47. The van der Waals surface area contributed by atoms with Crippen LogP contribution in [0.15, 0.2) is 140 Å². The highest BCUT2D eigenvalue weighted by atomic mass is 15.1. The summed E-state index contributed by atoms with van der Waals surface area (Å²) in [5, 5.41) is 0. The molecule has 0 radical (unpaired) electrons. The summed E-state index contributed by atoms with van der Waals surface area (Å²) in [6.45, 7) is 0. The van der Waals surface area contributed by atoms with Gasteiger partial charge in [-0.25, -0.2) is 0 Å². The van der Waals surface area contributed by atoms with Gasteiger partial charge in [-0.05, 0) is 77.4 Å². The molecule has 0 aliphatic rings. The van der Waals surface area contributed by atoms with E-state index in [0.717, 1.165) is 0 Å². The maximum absolute atomic E-state index is 2.38. The summed E-state index contributed by atoms with van der Waals surface area (Å²) in [6.07, 6.45) is 0. The van der Waals surface area contributed by atoms with Crippen molar-refractivity contribution in [3.05, 3.63) is 179 Å². The highest BCUT2D eigenvalue weighted by Gasteiger charge is 2.26. The Hall–Kier alpha value is -4.23. The number of nitrogens with zero attached hydrogens (tertiary/aromatic N) is 1. The molecule has 0 saturated heterocycles. The van der Waals surface area contributed by atoms with E-state index in [1.807, 2.05) is 0 Å². The summed E-state index contributed by atoms with van der Waals surface area (Å²) in [6, 6.07) is 50.1. The van der Waals surface area contributed by atoms with Gasteiger partial charge in [-0.15, -0.1) is 0 Å². The second-order valence-electron chi connectivity index (χ2n) is 9.07. The topological polar surface area (TPSA) is 3.24 Å². The highest BCUT2D eigenvalue weighted by molar-refractivity contribution is 5.64. The van der Waals surface area contributed by atoms with Gasteiger partial charge < -0.3 is 4.90 Å². The summed E-state index contributed by atoms with van der Waals surface area (Å²) >= 11 is 0. The first-order valence-electron chi connectivity index (χ1n) is 12.1. The van der Waals surface area contributed by atoms with Gasteiger partial charge in [-0.2, -0.15) is 0 Å². The summed E-state index contributed by atoms with van der Waals surface area (Å²) < 4.78 is 0. The zero-order valence-corrected chi connectivity index (χ0v) is 20.3. The molecule has 5 aromatic rings. The van der Waals surface area contributed by atoms with Crippen LogP contribution in [-0.2, 0) is 0 Å². The molecule has 0 spiro atoms. The molecule has 1 heteroatoms. The lowest BCUT2D eigenvalue weighted by molar-refractivity contribution is 0.967. The van der Waals surface area contributed by atoms with E-state index in [9.17, 15) is 0 Å². The predicted octanol–water partition coefficient (Wildman–Crippen LogP) is 7.95. The Labute approximate surface area is 209 Å². The van der Waals surface area contributed by atoms with E-state index in [1.54, 1.807) is 0 Å². The average molecular weight is 453 g/mol. The molecule has 0 amide bonds. The summed E-state index contributed by atoms with van der Waals surface area (Å²) in [5.41, 5.74) is 8.73. The van der Waals surface area contributed by atoms with Crippen LogP contribution in [0.5, 0.6) is 0 Å². The highest BCUT2D eigenvalue weighted by Crippen LogP contribution is 2.38. The second-order valence-corrected chi connectivity index (χ2v) is 9.07. The molecule has 170 valence electrons. The van der Waals surface area contributed by atoms with Gasteiger partial charge in [0.15, 0.2) is 0 Å². The van der Waals surface area contributed by atoms with Gasteiger partial charge in [0.25, 0.3) is 0 Å². The fraction of sp³-hybridized carbons (Fsp3) is 0.0882. The Morgan fingerprint density at radius 3 is 1.31 bits per heavy atom. The predicted molar refractivity (Wildman–Crippen MR) is 148 cm³/mol. The van der Waals surface area contributed by atoms with E-state index in [0.29, 0.717) is 0 Å². The van der Waals surface area contributed by atoms with Crippen molar-refractivity contribution in [2.24, 2.45) is 0 Å². The molecule has 1 nitrogen and oxygen atoms in total. The number of anilines is 1. The molecule has 0 atom stereocenters. The van der Waals surface area contributed by atoms with Crippen LogP contribution in [-0.4, -0.2) is 14.1 Å². The Kier molecular flexibility index (Phi) is 6.68. The number of rotatable bonds is 7. The van der Waals surface area contributed by atoms with Crippen molar-refractivity contribution in [1.29, 1.82) is 0 Å². The Morgan fingerprint density at radius 2 is 0.886 bits per heavy atom. The van der Waals surface area contributed by atoms with E-state index in [-0.39, 0.29) is 5.92 Å². The van der Waals surface area contributed by atoms with E-state index in [1.165, 1.54) is 45.0 Å². The molecular formula is C34H30N+. The molecule has 0 aliphatic heterocycles. The van der Waals surface area contributed by atoms with Gasteiger partial charge >= 0.3 is 0 Å². The molecule has 0 aromatic heterocycles. The molecule has 0 N–H and O–H groups in total. The maximum atomic E-state index is 2.38. The first-order valence-corrected chi connectivity index (χ1v) is 12.1. The summed E-state index contributed by atoms with van der Waals surface area (Å²) in [4.78, 5) is 2.20. The van der Waals surface area contributed by atoms with Crippen LogP contribution >= 0.6 is 0 Å². The second kappa shape index (κ2) is 10.4. The van der Waals surface area contributed by atoms with Crippen molar-refractivity contribution >= 4 is 5.69 Å². The zero-order chi connectivity index (χ0) is 24.0. The van der Waals surface area contributed by atoms with Crippen LogP contribution in [0.1, 0.15) is 39.3 Å². The van der Waals surface area contributed by atoms with Crippen LogP contribution in [0, 0.1) is 5.92 Å². The average Bonchev–Trinajstić information content (AvgIpc) is 2.91. The molecule has 0 unspecified atom stereocenters. The number of benzene rings is 5. The quantitative estimate of drug-likeness (QED) is 0.179. The van der Waals surface area contributed by atoms with Crippen molar-refractivity contribution < 1.29 is 0 Å². The van der Waals surface area contributed by atoms with E-state index >= 15 is 0 Å². The lowest BCUT2D eigenvalue weighted by Gasteiger charge is -2.23. The fourth-order valence-electron chi connectivity index (χ4n) is 4.78. The Balaban J connectivity index is 1.74. The SMILES string of the molecule is CN(C)c1cc([C+](c2ccccc2)c2ccccc2)cc(C(c2ccccc2)c2ccccc2)c1. The number of hydrogen-bond donors (Lipinski definition) is 0. The van der Waals surface area contributed by atoms with Crippen molar-refractivity contribution in [2.75, 3.05) is 19.0 Å². The van der Waals surface area contributed by atoms with Crippen molar-refractivity contribution in [1.82, 2.24) is 0 Å². The minimum atomic E-state index is 0.142. The summed E-state index contributed by atoms with van der Waals surface area (Å²) in [7, 11) is 4.24. The fourth-order valence-corrected chi connectivity index (χ4v) is 4.78. The van der Waals surface area contributed by atoms with Crippen LogP contribution in [0.2, 0.25) is 0 Å². The van der Waals surface area contributed by atoms with E-state index in [2.05, 4.69) is 159 Å². The molecule has 0 fully saturated rings. The van der Waals surface area contributed by atoms with Gasteiger partial charge in [0.05, 0.1) is 28.3 Å². The van der Waals surface area contributed by atoms with Crippen LogP contribution < -0.4 is 4.90 Å². The third kappa shape index (κ3) is 5.00. The minimum absolute atomic E-state index is 0.142. The number of hydrogen-bond acceptors (Lipinski definition) is 1. The molecule has 0 saturated carbocycles. The first kappa shape index (κ1) is 22.6. The molecule has 0 bridgehead atoms. The molecule has 5 rings (SSSR count). The van der Waals surface area contributed by atoms with Crippen LogP contribution in [0.25, 0.3) is 0 Å². The van der Waals surface area contributed by atoms with Crippen LogP contribution in [0.4, 0.5) is 5.69 Å². The van der Waals surface area contributed by atoms with E-state index < -0.39 is 0 Å². The normalized spacial score (nSPS) is 10.8. The molecular weight excluding hydrogens is 422 g/mol. The van der Waals surface area contributed by atoms with Crippen molar-refractivity contribution in [2.45, 2.75) is 5.92 Å². The molecule has 0 heterocycles. The maximum Gasteiger partial charge on any atom is 0.0632 e. The standard InChI is InChI=1S/C34H30N/c1-35(2)32-24-30(33(26-15-7-3-8-16-26)27-17-9-4-10-18-27)23-31(25-32)34(28-19-11-5-12-20-28)29-21-13-6-14-22-29/h3-25,33H,1-2H3/q+1. The van der Waals surface area contributed by atoms with Gasteiger partial charge in [0, 0.05) is 26.1 Å². The molecule has 35 heavy (non-hydrogen) atoms. The minimum Gasteiger partial charge on any atom is -0.373 e. The Bertz CT molecular complexity index is 1160. The van der Waals surface area contributed by atoms with Gasteiger partial charge in [-0.1, -0.05) is 72.8 Å². The lowest BCUT2D eigenvalue weighted by Crippen LogP contribution is -2.13. The van der Waals surface area contributed by atoms with Gasteiger partial charge in [0.2, 0.25) is 0 Å². The van der Waals surface area contributed by atoms with Crippen molar-refractivity contribution in [3.8, 4) is 0 Å². The third-order valence-electron chi connectivity index (χ3n) is 6.47. The van der Waals surface area contributed by atoms with E-state index in [4.69, 9.17) is 0 Å². The Morgan fingerprint density at radius 1 is 0.457 bits per heavy atom. The molecule has 0 aliphatic carbocycles. The molecule has 5 aromatic carbocycles. The van der Waals surface area contributed by atoms with Gasteiger partial charge in [0.1, 0.15) is 0 Å².